The summed E-state index contributed by atoms with van der Waals surface area (Å²) in [6, 6.07) is 0. The number of hydrogen-bond donors (Lipinski definition) is 2. The van der Waals surface area contributed by atoms with Crippen LogP contribution >= 0.6 is 0 Å². The van der Waals surface area contributed by atoms with Crippen molar-refractivity contribution in [1.82, 2.24) is 0 Å². The van der Waals surface area contributed by atoms with Gasteiger partial charge in [-0.1, -0.05) is 0 Å². The fraction of sp³-hybridized carbons (Fsp3) is 1.00. The van der Waals surface area contributed by atoms with Gasteiger partial charge in [0.2, 0.25) is 0 Å². The van der Waals surface area contributed by atoms with Crippen LogP contribution in [0.5, 0.6) is 0 Å². The molecule has 4 nitrogen and oxygen atoms in total. The molecule has 0 aliphatic carbocycles. The molecule has 0 radical (unpaired) electrons. The van der Waals surface area contributed by atoms with Crippen LogP contribution in [0, 0.1) is 0 Å². The molecule has 34 valence electrons. The maximum Gasteiger partial charge on any atom is 0 e. The molecule has 1 saturated heterocycles. The summed E-state index contributed by atoms with van der Waals surface area (Å²) in [5, 5.41) is 15.5. The van der Waals surface area contributed by atoms with Crippen molar-refractivity contribution in [2.75, 3.05) is 0 Å². The van der Waals surface area contributed by atoms with Gasteiger partial charge in [0.25, 0.3) is 0 Å². The Morgan fingerprint density at radius 1 is 1.14 bits per heavy atom. The molecule has 7 heavy (non-hydrogen) atoms. The van der Waals surface area contributed by atoms with E-state index in [2.05, 4.69) is 9.78 Å². The summed E-state index contributed by atoms with van der Waals surface area (Å²) in [7, 11) is 0. The van der Waals surface area contributed by atoms with Gasteiger partial charge in [-0.15, -0.1) is 9.78 Å². The Labute approximate surface area is 64.7 Å². The van der Waals surface area contributed by atoms with Crippen LogP contribution in [0.1, 0.15) is 0 Å². The molecule has 0 aromatic carbocycles. The van der Waals surface area contributed by atoms with Crippen molar-refractivity contribution >= 4 is 18.9 Å². The van der Waals surface area contributed by atoms with Crippen LogP contribution in [-0.4, -0.2) is 35.2 Å². The van der Waals surface area contributed by atoms with Crippen LogP contribution in [0.4, 0.5) is 0 Å². The zero-order valence-electron chi connectivity index (χ0n) is 2.92. The third-order valence-electron chi connectivity index (χ3n) is 0.232. The van der Waals surface area contributed by atoms with Gasteiger partial charge < -0.3 is 10.2 Å². The topological polar surface area (TPSA) is 65.5 Å². The van der Waals surface area contributed by atoms with Gasteiger partial charge >= 0.3 is 25.0 Å². The van der Waals surface area contributed by atoms with E-state index < -0.39 is 6.16 Å². The minimum absolute atomic E-state index is 0. The molecule has 0 atom stereocenters. The van der Waals surface area contributed by atoms with Gasteiger partial charge in [0.05, 0.1) is 0 Å². The second kappa shape index (κ2) is 3.16. The van der Waals surface area contributed by atoms with E-state index in [9.17, 15) is 0 Å². The van der Waals surface area contributed by atoms with Crippen LogP contribution in [-0.2, 0) is 29.3 Å². The fourth-order valence-corrected chi connectivity index (χ4v) is 0.0373. The van der Waals surface area contributed by atoms with Crippen molar-refractivity contribution in [1.29, 1.82) is 0 Å². The summed E-state index contributed by atoms with van der Waals surface area (Å²) in [4.78, 5) is 7.01. The molecule has 0 saturated carbocycles. The minimum atomic E-state index is -2.25. The third-order valence-corrected chi connectivity index (χ3v) is 0.232. The predicted molar refractivity (Wildman–Crippen MR) is 16.5 cm³/mol. The van der Waals surface area contributed by atoms with Crippen molar-refractivity contribution in [3.05, 3.63) is 0 Å². The van der Waals surface area contributed by atoms with E-state index in [1.807, 2.05) is 0 Å². The summed E-state index contributed by atoms with van der Waals surface area (Å²) in [6.45, 7) is 0. The molecule has 1 fully saturated rings. The first-order valence-electron chi connectivity index (χ1n) is 1.02. The first-order chi connectivity index (χ1) is 2.21. The van der Waals surface area contributed by atoms with E-state index in [-0.39, 0.29) is 38.3 Å². The fourth-order valence-electron chi connectivity index (χ4n) is 0.0373. The molecule has 0 amide bonds. The SMILES string of the molecule is OC1(O)OO1.[LiH].[Zn]. The van der Waals surface area contributed by atoms with Gasteiger partial charge in [-0.25, -0.2) is 0 Å². The zero-order valence-corrected chi connectivity index (χ0v) is 5.89. The van der Waals surface area contributed by atoms with Crippen LogP contribution in [0.3, 0.4) is 0 Å². The molecule has 0 unspecified atom stereocenters. The summed E-state index contributed by atoms with van der Waals surface area (Å²) in [6.07, 6.45) is -2.25. The van der Waals surface area contributed by atoms with Crippen molar-refractivity contribution in [3.8, 4) is 0 Å². The number of aliphatic hydroxyl groups is 2. The van der Waals surface area contributed by atoms with E-state index >= 15 is 0 Å². The molecular weight excluding hydrogens is 148 g/mol. The summed E-state index contributed by atoms with van der Waals surface area (Å²) in [5.74, 6) is 0. The van der Waals surface area contributed by atoms with E-state index in [1.54, 1.807) is 0 Å². The van der Waals surface area contributed by atoms with Gasteiger partial charge in [-0.2, -0.15) is 0 Å². The van der Waals surface area contributed by atoms with E-state index in [1.165, 1.54) is 0 Å². The third kappa shape index (κ3) is 4.92. The average Bonchev–Trinajstić information content (AvgIpc) is 1.76. The molecule has 1 aliphatic heterocycles. The van der Waals surface area contributed by atoms with Crippen molar-refractivity contribution in [2.24, 2.45) is 0 Å². The van der Waals surface area contributed by atoms with E-state index in [0.29, 0.717) is 0 Å². The van der Waals surface area contributed by atoms with Crippen molar-refractivity contribution < 1.29 is 39.5 Å². The van der Waals surface area contributed by atoms with Gasteiger partial charge in [-0.3, -0.25) is 0 Å². The average molecular weight is 151 g/mol. The Bertz CT molecular complexity index is 49.7. The second-order valence-corrected chi connectivity index (χ2v) is 0.715. The minimum Gasteiger partial charge on any atom is 0 e. The standard InChI is InChI=1S/CH2O4.Li.Zn.H/c2-1(3)4-5-1;;;/h2-3H;;;. The number of hydrogen-bond acceptors (Lipinski definition) is 4. The molecule has 1 heterocycles. The maximum atomic E-state index is 7.74. The van der Waals surface area contributed by atoms with Crippen molar-refractivity contribution in [2.45, 2.75) is 6.16 Å². The van der Waals surface area contributed by atoms with Crippen LogP contribution in [0.2, 0.25) is 0 Å². The molecule has 0 bridgehead atoms. The first-order valence-corrected chi connectivity index (χ1v) is 1.02. The van der Waals surface area contributed by atoms with Gasteiger partial charge in [0.1, 0.15) is 0 Å². The smallest absolute Gasteiger partial charge is 0 e. The summed E-state index contributed by atoms with van der Waals surface area (Å²) >= 11 is 0. The first kappa shape index (κ1) is 10.9. The van der Waals surface area contributed by atoms with Gasteiger partial charge in [0, 0.05) is 19.5 Å². The molecule has 0 spiro atoms. The molecule has 0 aromatic rings. The molecule has 1 rings (SSSR count). The van der Waals surface area contributed by atoms with Gasteiger partial charge in [-0.05, 0) is 0 Å². The van der Waals surface area contributed by atoms with Gasteiger partial charge in [0.15, 0.2) is 0 Å². The number of rotatable bonds is 0. The zero-order chi connectivity index (χ0) is 3.91. The Balaban J connectivity index is 0. The molecule has 6 heteroatoms. The summed E-state index contributed by atoms with van der Waals surface area (Å²) < 4.78 is 0. The predicted octanol–water partition coefficient (Wildman–Crippen LogP) is -2.11. The Hall–Kier alpha value is 1.06. The molecular formula is CH3LiO4Zn. The monoisotopic (exact) mass is 150 g/mol. The van der Waals surface area contributed by atoms with Crippen molar-refractivity contribution in [3.63, 3.8) is 0 Å². The Kier molecular flexibility index (Phi) is 4.94. The van der Waals surface area contributed by atoms with Crippen LogP contribution < -0.4 is 0 Å². The quantitative estimate of drug-likeness (QED) is 0.180. The maximum absolute atomic E-state index is 7.74. The molecule has 1 aliphatic rings. The van der Waals surface area contributed by atoms with E-state index in [0.717, 1.165) is 0 Å². The Morgan fingerprint density at radius 3 is 1.29 bits per heavy atom. The second-order valence-electron chi connectivity index (χ2n) is 0.715. The summed E-state index contributed by atoms with van der Waals surface area (Å²) in [5.41, 5.74) is 0. The van der Waals surface area contributed by atoms with Crippen LogP contribution in [0.15, 0.2) is 0 Å². The molecule has 0 aromatic heterocycles. The normalized spacial score (nSPS) is 21.4. The van der Waals surface area contributed by atoms with Crippen LogP contribution in [0.25, 0.3) is 0 Å². The largest absolute Gasteiger partial charge is 0 e. The molecule has 2 N–H and O–H groups in total. The Morgan fingerprint density at radius 2 is 1.29 bits per heavy atom. The van der Waals surface area contributed by atoms with E-state index in [4.69, 9.17) is 10.2 Å².